The van der Waals surface area contributed by atoms with Gasteiger partial charge in [-0.15, -0.1) is 0 Å². The number of carbonyl (C=O) groups excluding carboxylic acids is 1. The monoisotopic (exact) mass is 447 g/mol. The zero-order valence-electron chi connectivity index (χ0n) is 18.8. The fourth-order valence-electron chi connectivity index (χ4n) is 5.69. The van der Waals surface area contributed by atoms with E-state index >= 15 is 0 Å². The number of nitrogens with one attached hydrogen (secondary N) is 3. The van der Waals surface area contributed by atoms with Crippen LogP contribution in [-0.2, 0) is 9.53 Å². The number of ether oxygens (including phenoxy) is 1. The highest BCUT2D eigenvalue weighted by molar-refractivity contribution is 5.91. The summed E-state index contributed by atoms with van der Waals surface area (Å²) < 4.78 is 5.50. The van der Waals surface area contributed by atoms with E-state index in [1.165, 1.54) is 12.8 Å². The number of piperidine rings is 1. The third-order valence-electron chi connectivity index (χ3n) is 7.17. The number of rotatable bonds is 6. The molecule has 3 saturated heterocycles. The number of hydrogen-bond donors (Lipinski definition) is 3. The summed E-state index contributed by atoms with van der Waals surface area (Å²) >= 11 is 0. The minimum atomic E-state index is -0.0473. The Bertz CT molecular complexity index is 1160. The lowest BCUT2D eigenvalue weighted by Crippen LogP contribution is -2.49. The van der Waals surface area contributed by atoms with Crippen molar-refractivity contribution in [3.8, 4) is 0 Å². The molecule has 0 amide bonds. The predicted molar refractivity (Wildman–Crippen MR) is 125 cm³/mol. The third-order valence-corrected chi connectivity index (χ3v) is 7.17. The summed E-state index contributed by atoms with van der Waals surface area (Å²) in [5.41, 5.74) is 1.89. The highest BCUT2D eigenvalue weighted by Gasteiger charge is 2.42. The van der Waals surface area contributed by atoms with E-state index in [2.05, 4.69) is 36.8 Å². The van der Waals surface area contributed by atoms with Crippen molar-refractivity contribution < 1.29 is 9.53 Å². The van der Waals surface area contributed by atoms with Crippen LogP contribution in [0.25, 0.3) is 10.9 Å². The van der Waals surface area contributed by atoms with E-state index < -0.39 is 0 Å². The molecule has 2 bridgehead atoms. The quantitative estimate of drug-likeness (QED) is 0.493. The molecule has 3 aliphatic rings. The summed E-state index contributed by atoms with van der Waals surface area (Å²) in [6, 6.07) is 9.33. The topological polar surface area (TPSA) is 108 Å². The first-order chi connectivity index (χ1) is 16.1. The molecule has 4 atom stereocenters. The van der Waals surface area contributed by atoms with Crippen LogP contribution >= 0.6 is 0 Å². The van der Waals surface area contributed by atoms with E-state index in [4.69, 9.17) is 9.72 Å². The molecule has 0 spiro atoms. The molecule has 2 unspecified atom stereocenters. The largest absolute Gasteiger partial charge is 0.461 e. The van der Waals surface area contributed by atoms with Gasteiger partial charge in [0.1, 0.15) is 17.7 Å². The van der Waals surface area contributed by atoms with Gasteiger partial charge in [-0.05, 0) is 51.2 Å². The Morgan fingerprint density at radius 3 is 2.76 bits per heavy atom. The summed E-state index contributed by atoms with van der Waals surface area (Å²) in [7, 11) is 0. The van der Waals surface area contributed by atoms with Gasteiger partial charge >= 0.3 is 5.97 Å². The second kappa shape index (κ2) is 8.30. The number of fused-ring (bicyclic) bond motifs is 3. The van der Waals surface area contributed by atoms with E-state index in [-0.39, 0.29) is 12.1 Å². The van der Waals surface area contributed by atoms with Crippen LogP contribution in [0.3, 0.4) is 0 Å². The summed E-state index contributed by atoms with van der Waals surface area (Å²) in [6.07, 6.45) is 7.84. The van der Waals surface area contributed by atoms with E-state index in [1.807, 2.05) is 31.3 Å². The van der Waals surface area contributed by atoms with Gasteiger partial charge in [0.15, 0.2) is 5.82 Å². The lowest BCUT2D eigenvalue weighted by atomic mass is 9.96. The Morgan fingerprint density at radius 2 is 2.03 bits per heavy atom. The number of aromatic amines is 1. The number of carbonyl (C=O) groups is 1. The molecule has 6 heterocycles. The van der Waals surface area contributed by atoms with Gasteiger partial charge in [0.2, 0.25) is 0 Å². The number of aryl methyl sites for hydroxylation is 1. The zero-order valence-corrected chi connectivity index (χ0v) is 18.8. The summed E-state index contributed by atoms with van der Waals surface area (Å²) in [5, 5.41) is 15.3. The number of aromatic nitrogens is 4. The SMILES string of the molecule is Cc1cc(Nc2cc3ncccc3c(NC3C[C@H]4CC[C@@H](C3)N4CC3CCC(=O)O3)n2)n[nH]1. The molecule has 0 saturated carbocycles. The second-order valence-corrected chi connectivity index (χ2v) is 9.53. The van der Waals surface area contributed by atoms with Gasteiger partial charge in [0.05, 0.1) is 5.52 Å². The van der Waals surface area contributed by atoms with Crippen LogP contribution in [0.2, 0.25) is 0 Å². The number of anilines is 3. The molecule has 3 aromatic heterocycles. The molecule has 3 aliphatic heterocycles. The van der Waals surface area contributed by atoms with E-state index in [1.54, 1.807) is 0 Å². The van der Waals surface area contributed by atoms with Crippen molar-refractivity contribution in [3.05, 3.63) is 36.2 Å². The molecule has 172 valence electrons. The van der Waals surface area contributed by atoms with Crippen LogP contribution in [0.4, 0.5) is 17.5 Å². The summed E-state index contributed by atoms with van der Waals surface area (Å²) in [6.45, 7) is 2.85. The average molecular weight is 448 g/mol. The van der Waals surface area contributed by atoms with Crippen molar-refractivity contribution >= 4 is 34.3 Å². The summed E-state index contributed by atoms with van der Waals surface area (Å²) in [4.78, 5) is 23.6. The molecule has 6 rings (SSSR count). The van der Waals surface area contributed by atoms with Gasteiger partial charge in [0.25, 0.3) is 0 Å². The lowest BCUT2D eigenvalue weighted by molar-refractivity contribution is -0.142. The minimum Gasteiger partial charge on any atom is -0.461 e. The molecule has 9 nitrogen and oxygen atoms in total. The molecular weight excluding hydrogens is 418 g/mol. The first kappa shape index (κ1) is 20.4. The van der Waals surface area contributed by atoms with E-state index in [9.17, 15) is 4.79 Å². The molecule has 3 aromatic rings. The van der Waals surface area contributed by atoms with Crippen LogP contribution in [0.15, 0.2) is 30.5 Å². The first-order valence-electron chi connectivity index (χ1n) is 11.9. The van der Waals surface area contributed by atoms with E-state index in [0.717, 1.165) is 59.9 Å². The van der Waals surface area contributed by atoms with Crippen molar-refractivity contribution in [2.24, 2.45) is 0 Å². The Kier molecular flexibility index (Phi) is 5.13. The first-order valence-corrected chi connectivity index (χ1v) is 11.9. The number of nitrogens with zero attached hydrogens (tertiary/aromatic N) is 4. The molecule has 9 heteroatoms. The standard InChI is InChI=1S/C24H29N7O2/c1-14-9-22(30-29-14)27-21-12-20-19(3-2-8-25-20)24(28-21)26-15-10-16-4-5-17(11-15)31(16)13-18-6-7-23(32)33-18/h2-3,8-9,12,15-18H,4-7,10-11,13H2,1H3,(H3,26,27,28,29,30)/t15?,16-,17+,18?. The van der Waals surface area contributed by atoms with Crippen LogP contribution < -0.4 is 10.6 Å². The van der Waals surface area contributed by atoms with Gasteiger partial charge in [-0.3, -0.25) is 19.8 Å². The third kappa shape index (κ3) is 4.13. The molecule has 0 radical (unpaired) electrons. The Balaban J connectivity index is 1.20. The normalized spacial score (nSPS) is 27.1. The maximum absolute atomic E-state index is 11.5. The second-order valence-electron chi connectivity index (χ2n) is 9.53. The smallest absolute Gasteiger partial charge is 0.306 e. The van der Waals surface area contributed by atoms with Gasteiger partial charge in [-0.1, -0.05) is 0 Å². The highest BCUT2D eigenvalue weighted by atomic mass is 16.5. The van der Waals surface area contributed by atoms with Crippen LogP contribution in [-0.4, -0.2) is 61.8 Å². The molecule has 0 aliphatic carbocycles. The fourth-order valence-corrected chi connectivity index (χ4v) is 5.69. The molecule has 33 heavy (non-hydrogen) atoms. The predicted octanol–water partition coefficient (Wildman–Crippen LogP) is 3.52. The number of esters is 1. The highest BCUT2D eigenvalue weighted by Crippen LogP contribution is 2.38. The number of pyridine rings is 2. The Morgan fingerprint density at radius 1 is 1.18 bits per heavy atom. The van der Waals surface area contributed by atoms with Gasteiger partial charge in [-0.25, -0.2) is 4.98 Å². The van der Waals surface area contributed by atoms with Crippen LogP contribution in [0.1, 0.15) is 44.2 Å². The van der Waals surface area contributed by atoms with Crippen molar-refractivity contribution in [2.45, 2.75) is 69.7 Å². The van der Waals surface area contributed by atoms with Gasteiger partial charge < -0.3 is 15.4 Å². The van der Waals surface area contributed by atoms with Crippen molar-refractivity contribution in [2.75, 3.05) is 17.2 Å². The Hall–Kier alpha value is -3.20. The molecule has 3 N–H and O–H groups in total. The molecule has 0 aromatic carbocycles. The van der Waals surface area contributed by atoms with E-state index in [0.29, 0.717) is 24.5 Å². The Labute approximate surface area is 192 Å². The average Bonchev–Trinajstić information content (AvgIpc) is 3.46. The molecular formula is C24H29N7O2. The van der Waals surface area contributed by atoms with Gasteiger partial charge in [0, 0.05) is 60.5 Å². The zero-order chi connectivity index (χ0) is 22.4. The van der Waals surface area contributed by atoms with Gasteiger partial charge in [-0.2, -0.15) is 5.10 Å². The fraction of sp³-hybridized carbons (Fsp3) is 0.500. The van der Waals surface area contributed by atoms with Crippen molar-refractivity contribution in [1.82, 2.24) is 25.1 Å². The van der Waals surface area contributed by atoms with Crippen LogP contribution in [0.5, 0.6) is 0 Å². The van der Waals surface area contributed by atoms with Crippen LogP contribution in [0, 0.1) is 6.92 Å². The number of H-pyrrole nitrogens is 1. The maximum atomic E-state index is 11.5. The van der Waals surface area contributed by atoms with Crippen molar-refractivity contribution in [1.29, 1.82) is 0 Å². The van der Waals surface area contributed by atoms with Crippen molar-refractivity contribution in [3.63, 3.8) is 0 Å². The minimum absolute atomic E-state index is 0.0473. The summed E-state index contributed by atoms with van der Waals surface area (Å²) in [5.74, 6) is 2.27. The lowest BCUT2D eigenvalue weighted by Gasteiger charge is -2.40. The number of cyclic esters (lactones) is 1. The molecule has 3 fully saturated rings. The maximum Gasteiger partial charge on any atom is 0.306 e. The number of hydrogen-bond acceptors (Lipinski definition) is 8.